The molecule has 7 rings (SSSR count). The third kappa shape index (κ3) is 5.04. The SMILES string of the molecule is Nc1ncnc2c1ncn2[C@@H]1O[C@@H]2COP(=O)(O)O[C@@H]3[C@H](O)[C@@H](COP(=O)(O)O[C@H]2[C@H]1O)O[C@H]3n1cnc2c(=O)[nH]cnc21. The van der Waals surface area contributed by atoms with Gasteiger partial charge in [-0.15, -0.1) is 0 Å². The highest BCUT2D eigenvalue weighted by Gasteiger charge is 2.54. The van der Waals surface area contributed by atoms with Crippen LogP contribution in [-0.4, -0.2) is 109 Å². The van der Waals surface area contributed by atoms with Crippen molar-refractivity contribution in [3.05, 3.63) is 35.7 Å². The molecule has 22 nitrogen and oxygen atoms in total. The van der Waals surface area contributed by atoms with Crippen molar-refractivity contribution >= 4 is 43.8 Å². The second-order valence-electron chi connectivity index (χ2n) is 9.92. The largest absolute Gasteiger partial charge is 0.472 e. The van der Waals surface area contributed by atoms with Gasteiger partial charge in [-0.25, -0.2) is 34.0 Å². The minimum atomic E-state index is -5.08. The standard InChI is InChI=1S/C20H23N9O13P2/c21-15-9-16(23-3-22-15)28(5-26-9)19-12(31)13-8(40-19)2-38-44(35,36)42-14-11(30)7(1-37-43(33,34)41-13)39-20(14)29-6-27-10-17(29)24-4-25-18(10)32/h3-8,11-14,19-20,30-31H,1-2H2,(H,33,34)(H,35,36)(H2,21,22,23)(H,24,25,32)/t7-,8-,11-,12-,13-,14-,19-,20-/m1/s1. The van der Waals surface area contributed by atoms with Crippen LogP contribution in [0.4, 0.5) is 5.82 Å². The highest BCUT2D eigenvalue weighted by molar-refractivity contribution is 7.47. The highest BCUT2D eigenvalue weighted by Crippen LogP contribution is 2.53. The zero-order valence-electron chi connectivity index (χ0n) is 21.9. The first-order valence-electron chi connectivity index (χ1n) is 12.7. The van der Waals surface area contributed by atoms with Crippen molar-refractivity contribution in [2.45, 2.75) is 49.1 Å². The molecule has 3 fully saturated rings. The number of imidazole rings is 2. The number of phosphoric acid groups is 2. The minimum absolute atomic E-state index is 0.0200. The number of nitrogens with one attached hydrogen (secondary N) is 1. The van der Waals surface area contributed by atoms with Gasteiger partial charge in [0.05, 0.1) is 32.2 Å². The van der Waals surface area contributed by atoms with Crippen LogP contribution in [0.25, 0.3) is 22.3 Å². The Bertz CT molecular complexity index is 1880. The summed E-state index contributed by atoms with van der Waals surface area (Å²) < 4.78 is 61.1. The Labute approximate surface area is 243 Å². The molecular formula is C20H23N9O13P2. The topological polar surface area (TPSA) is 304 Å². The van der Waals surface area contributed by atoms with E-state index in [0.29, 0.717) is 0 Å². The average Bonchev–Trinajstić information content (AvgIpc) is 3.73. The first kappa shape index (κ1) is 29.5. The summed E-state index contributed by atoms with van der Waals surface area (Å²) >= 11 is 0. The molecule has 3 aliphatic heterocycles. The number of hydrogen-bond acceptors (Lipinski definition) is 17. The number of aliphatic hydroxyl groups excluding tert-OH is 2. The number of rotatable bonds is 2. The Kier molecular flexibility index (Phi) is 7.16. The van der Waals surface area contributed by atoms with E-state index in [4.69, 9.17) is 33.3 Å². The van der Waals surface area contributed by atoms with Gasteiger partial charge in [-0.3, -0.25) is 32.0 Å². The molecule has 2 unspecified atom stereocenters. The Morgan fingerprint density at radius 1 is 0.818 bits per heavy atom. The summed E-state index contributed by atoms with van der Waals surface area (Å²) in [6.07, 6.45) is -7.84. The van der Waals surface area contributed by atoms with Gasteiger partial charge in [0.1, 0.15) is 48.5 Å². The average molecular weight is 659 g/mol. The molecule has 0 radical (unpaired) electrons. The van der Waals surface area contributed by atoms with Gasteiger partial charge in [0, 0.05) is 0 Å². The molecule has 0 spiro atoms. The quantitative estimate of drug-likeness (QED) is 0.128. The highest BCUT2D eigenvalue weighted by atomic mass is 31.2. The van der Waals surface area contributed by atoms with Gasteiger partial charge in [-0.05, 0) is 0 Å². The maximum Gasteiger partial charge on any atom is 0.472 e. The summed E-state index contributed by atoms with van der Waals surface area (Å²) in [5.74, 6) is 0.0404. The molecule has 24 heteroatoms. The van der Waals surface area contributed by atoms with Crippen LogP contribution in [0.3, 0.4) is 0 Å². The molecule has 3 saturated heterocycles. The molecule has 0 amide bonds. The maximum atomic E-state index is 13.2. The van der Waals surface area contributed by atoms with E-state index in [1.165, 1.54) is 15.5 Å². The van der Waals surface area contributed by atoms with Gasteiger partial charge in [0.2, 0.25) is 0 Å². The molecular weight excluding hydrogens is 636 g/mol. The molecule has 3 aliphatic rings. The fraction of sp³-hybridized carbons (Fsp3) is 0.500. The van der Waals surface area contributed by atoms with Crippen molar-refractivity contribution in [3.63, 3.8) is 0 Å². The number of aromatic nitrogens is 8. The van der Waals surface area contributed by atoms with E-state index in [0.717, 1.165) is 19.0 Å². The van der Waals surface area contributed by atoms with Gasteiger partial charge in [0.25, 0.3) is 5.56 Å². The number of hydrogen-bond donors (Lipinski definition) is 6. The van der Waals surface area contributed by atoms with E-state index in [-0.39, 0.29) is 28.1 Å². The van der Waals surface area contributed by atoms with Gasteiger partial charge in [-0.2, -0.15) is 0 Å². The number of phosphoric ester groups is 2. The van der Waals surface area contributed by atoms with E-state index in [1.54, 1.807) is 0 Å². The number of aromatic amines is 1. The lowest BCUT2D eigenvalue weighted by Gasteiger charge is -2.25. The van der Waals surface area contributed by atoms with Gasteiger partial charge in [-0.1, -0.05) is 0 Å². The van der Waals surface area contributed by atoms with E-state index >= 15 is 0 Å². The van der Waals surface area contributed by atoms with E-state index in [2.05, 4.69) is 29.9 Å². The second-order valence-corrected chi connectivity index (χ2v) is 12.7. The zero-order valence-corrected chi connectivity index (χ0v) is 23.7. The fourth-order valence-electron chi connectivity index (χ4n) is 5.22. The lowest BCUT2D eigenvalue weighted by atomic mass is 10.1. The Morgan fingerprint density at radius 3 is 2.18 bits per heavy atom. The Balaban J connectivity index is 1.20. The van der Waals surface area contributed by atoms with E-state index < -0.39 is 83.5 Å². The summed E-state index contributed by atoms with van der Waals surface area (Å²) in [5.41, 5.74) is 5.44. The normalized spacial score (nSPS) is 38.3. The Morgan fingerprint density at radius 2 is 1.43 bits per heavy atom. The van der Waals surface area contributed by atoms with Crippen LogP contribution in [0.1, 0.15) is 12.5 Å². The first-order valence-corrected chi connectivity index (χ1v) is 15.7. The van der Waals surface area contributed by atoms with Crippen LogP contribution < -0.4 is 11.3 Å². The monoisotopic (exact) mass is 659 g/mol. The van der Waals surface area contributed by atoms with Crippen LogP contribution in [0, 0.1) is 0 Å². The number of anilines is 1. The first-order chi connectivity index (χ1) is 20.9. The number of H-pyrrole nitrogens is 1. The smallest absolute Gasteiger partial charge is 0.387 e. The maximum absolute atomic E-state index is 13.2. The summed E-state index contributed by atoms with van der Waals surface area (Å²) in [6.45, 7) is -1.61. The molecule has 44 heavy (non-hydrogen) atoms. The second kappa shape index (κ2) is 10.7. The van der Waals surface area contributed by atoms with Gasteiger partial charge in [0.15, 0.2) is 35.1 Å². The van der Waals surface area contributed by atoms with E-state index in [9.17, 15) is 33.9 Å². The molecule has 4 aromatic heterocycles. The van der Waals surface area contributed by atoms with Crippen LogP contribution in [0.5, 0.6) is 0 Å². The minimum Gasteiger partial charge on any atom is -0.387 e. The number of nitrogens with two attached hydrogens (primary N) is 1. The number of fused-ring (bicyclic) bond motifs is 5. The number of nitrogen functional groups attached to an aromatic ring is 1. The molecule has 236 valence electrons. The Hall–Kier alpha value is -3.24. The van der Waals surface area contributed by atoms with Crippen molar-refractivity contribution in [2.75, 3.05) is 18.9 Å². The lowest BCUT2D eigenvalue weighted by molar-refractivity contribution is -0.0672. The fourth-order valence-corrected chi connectivity index (χ4v) is 7.11. The molecule has 0 aromatic carbocycles. The van der Waals surface area contributed by atoms with Crippen LogP contribution in [0.2, 0.25) is 0 Å². The zero-order chi connectivity index (χ0) is 31.0. The summed E-state index contributed by atoms with van der Waals surface area (Å²) in [7, 11) is -10.1. The van der Waals surface area contributed by atoms with E-state index in [1.807, 2.05) is 0 Å². The predicted molar refractivity (Wildman–Crippen MR) is 139 cm³/mol. The predicted octanol–water partition coefficient (Wildman–Crippen LogP) is -1.92. The third-order valence-electron chi connectivity index (χ3n) is 7.24. The van der Waals surface area contributed by atoms with Gasteiger partial charge < -0.3 is 40.2 Å². The van der Waals surface area contributed by atoms with Crippen molar-refractivity contribution in [1.82, 2.24) is 39.0 Å². The molecule has 7 heterocycles. The third-order valence-corrected chi connectivity index (χ3v) is 9.21. The lowest BCUT2D eigenvalue weighted by Crippen LogP contribution is -2.36. The summed E-state index contributed by atoms with van der Waals surface area (Å²) in [4.78, 5) is 55.7. The number of aliphatic hydroxyl groups is 2. The molecule has 2 bridgehead atoms. The number of nitrogens with zero attached hydrogens (tertiary/aromatic N) is 7. The van der Waals surface area contributed by atoms with Crippen molar-refractivity contribution < 1.29 is 56.7 Å². The summed E-state index contributed by atoms with van der Waals surface area (Å²) in [6, 6.07) is 0. The molecule has 7 N–H and O–H groups in total. The van der Waals surface area contributed by atoms with Gasteiger partial charge >= 0.3 is 15.6 Å². The van der Waals surface area contributed by atoms with Crippen LogP contribution >= 0.6 is 15.6 Å². The molecule has 0 saturated carbocycles. The molecule has 4 aromatic rings. The summed E-state index contributed by atoms with van der Waals surface area (Å²) in [5, 5.41) is 22.1. The van der Waals surface area contributed by atoms with Crippen LogP contribution in [-0.2, 0) is 36.7 Å². The van der Waals surface area contributed by atoms with Crippen molar-refractivity contribution in [1.29, 1.82) is 0 Å². The van der Waals surface area contributed by atoms with Crippen molar-refractivity contribution in [3.8, 4) is 0 Å². The molecule has 0 aliphatic carbocycles. The van der Waals surface area contributed by atoms with Crippen LogP contribution in [0.15, 0.2) is 30.1 Å². The number of ether oxygens (including phenoxy) is 2. The van der Waals surface area contributed by atoms with Crippen molar-refractivity contribution in [2.24, 2.45) is 0 Å². The molecule has 10 atom stereocenters.